The van der Waals surface area contributed by atoms with Crippen LogP contribution in [0.25, 0.3) is 0 Å². The second-order valence-electron chi connectivity index (χ2n) is 3.35. The van der Waals surface area contributed by atoms with Crippen molar-refractivity contribution < 1.29 is 9.53 Å². The molecule has 2 heteroatoms. The Balaban J connectivity index is 2.28. The van der Waals surface area contributed by atoms with Gasteiger partial charge in [-0.05, 0) is 6.42 Å². The van der Waals surface area contributed by atoms with Gasteiger partial charge in [0.2, 0.25) is 0 Å². The lowest BCUT2D eigenvalue weighted by molar-refractivity contribution is -0.141. The SMILES string of the molecule is CCCC[C@H]1OC(=O)C[C@H]1C. The molecule has 0 amide bonds. The summed E-state index contributed by atoms with van der Waals surface area (Å²) in [6, 6.07) is 0. The molecule has 11 heavy (non-hydrogen) atoms. The van der Waals surface area contributed by atoms with Gasteiger partial charge >= 0.3 is 5.97 Å². The monoisotopic (exact) mass is 156 g/mol. The molecule has 1 rings (SSSR count). The first-order valence-electron chi connectivity index (χ1n) is 4.43. The molecular formula is C9H16O2. The van der Waals surface area contributed by atoms with Gasteiger partial charge in [-0.1, -0.05) is 26.7 Å². The minimum Gasteiger partial charge on any atom is -0.462 e. The molecule has 2 nitrogen and oxygen atoms in total. The van der Waals surface area contributed by atoms with Crippen LogP contribution in [-0.2, 0) is 9.53 Å². The van der Waals surface area contributed by atoms with Gasteiger partial charge < -0.3 is 4.74 Å². The van der Waals surface area contributed by atoms with E-state index in [9.17, 15) is 4.79 Å². The zero-order chi connectivity index (χ0) is 8.27. The summed E-state index contributed by atoms with van der Waals surface area (Å²) in [5.74, 6) is 0.424. The fourth-order valence-corrected chi connectivity index (χ4v) is 1.48. The minimum atomic E-state index is -0.0152. The lowest BCUT2D eigenvalue weighted by Gasteiger charge is -2.11. The maximum Gasteiger partial charge on any atom is 0.306 e. The minimum absolute atomic E-state index is 0.0152. The Morgan fingerprint density at radius 3 is 2.82 bits per heavy atom. The molecule has 2 atom stereocenters. The zero-order valence-electron chi connectivity index (χ0n) is 7.30. The number of carbonyl (C=O) groups excluding carboxylic acids is 1. The van der Waals surface area contributed by atoms with E-state index < -0.39 is 0 Å². The third kappa shape index (κ3) is 2.21. The van der Waals surface area contributed by atoms with Crippen LogP contribution in [0, 0.1) is 5.92 Å². The Morgan fingerprint density at radius 1 is 1.64 bits per heavy atom. The highest BCUT2D eigenvalue weighted by Gasteiger charge is 2.30. The quantitative estimate of drug-likeness (QED) is 0.585. The van der Waals surface area contributed by atoms with Gasteiger partial charge in [0, 0.05) is 5.92 Å². The van der Waals surface area contributed by atoms with Gasteiger partial charge in [0.25, 0.3) is 0 Å². The fraction of sp³-hybridized carbons (Fsp3) is 0.889. The predicted molar refractivity (Wildman–Crippen MR) is 43.2 cm³/mol. The van der Waals surface area contributed by atoms with Crippen molar-refractivity contribution in [2.24, 2.45) is 5.92 Å². The van der Waals surface area contributed by atoms with Crippen molar-refractivity contribution in [2.45, 2.75) is 45.6 Å². The number of hydrogen-bond acceptors (Lipinski definition) is 2. The van der Waals surface area contributed by atoms with Crippen LogP contribution in [0.2, 0.25) is 0 Å². The predicted octanol–water partition coefficient (Wildman–Crippen LogP) is 2.13. The summed E-state index contributed by atoms with van der Waals surface area (Å²) in [4.78, 5) is 10.8. The Kier molecular flexibility index (Phi) is 2.92. The van der Waals surface area contributed by atoms with Crippen molar-refractivity contribution in [1.29, 1.82) is 0 Å². The lowest BCUT2D eigenvalue weighted by atomic mass is 9.99. The van der Waals surface area contributed by atoms with Gasteiger partial charge in [-0.3, -0.25) is 4.79 Å². The van der Waals surface area contributed by atoms with E-state index in [0.29, 0.717) is 12.3 Å². The van der Waals surface area contributed by atoms with Crippen molar-refractivity contribution in [3.8, 4) is 0 Å². The van der Waals surface area contributed by atoms with Crippen LogP contribution in [-0.4, -0.2) is 12.1 Å². The first-order chi connectivity index (χ1) is 5.24. The average molecular weight is 156 g/mol. The largest absolute Gasteiger partial charge is 0.462 e. The van der Waals surface area contributed by atoms with Crippen molar-refractivity contribution in [3.63, 3.8) is 0 Å². The lowest BCUT2D eigenvalue weighted by Crippen LogP contribution is -2.12. The molecule has 0 radical (unpaired) electrons. The van der Waals surface area contributed by atoms with Gasteiger partial charge in [-0.25, -0.2) is 0 Å². The molecule has 0 aromatic heterocycles. The molecular weight excluding hydrogens is 140 g/mol. The summed E-state index contributed by atoms with van der Waals surface area (Å²) >= 11 is 0. The van der Waals surface area contributed by atoms with Crippen molar-refractivity contribution in [1.82, 2.24) is 0 Å². The topological polar surface area (TPSA) is 26.3 Å². The number of rotatable bonds is 3. The molecule has 1 fully saturated rings. The number of cyclic esters (lactones) is 1. The Morgan fingerprint density at radius 2 is 2.36 bits per heavy atom. The Hall–Kier alpha value is -0.530. The van der Waals surface area contributed by atoms with E-state index in [4.69, 9.17) is 4.74 Å². The maximum absolute atomic E-state index is 10.8. The summed E-state index contributed by atoms with van der Waals surface area (Å²) in [7, 11) is 0. The van der Waals surface area contributed by atoms with E-state index >= 15 is 0 Å². The van der Waals surface area contributed by atoms with Gasteiger partial charge in [-0.2, -0.15) is 0 Å². The normalized spacial score (nSPS) is 30.5. The van der Waals surface area contributed by atoms with Crippen LogP contribution >= 0.6 is 0 Å². The summed E-state index contributed by atoms with van der Waals surface area (Å²) in [5, 5.41) is 0. The van der Waals surface area contributed by atoms with Crippen LogP contribution in [0.15, 0.2) is 0 Å². The summed E-state index contributed by atoms with van der Waals surface area (Å²) in [6.07, 6.45) is 4.23. The number of esters is 1. The molecule has 1 heterocycles. The second kappa shape index (κ2) is 3.74. The highest BCUT2D eigenvalue weighted by atomic mass is 16.5. The molecule has 0 saturated carbocycles. The molecule has 0 aromatic rings. The molecule has 0 spiro atoms. The molecule has 0 N–H and O–H groups in total. The van der Waals surface area contributed by atoms with E-state index in [1.807, 2.05) is 0 Å². The Bertz CT molecular complexity index is 142. The molecule has 0 unspecified atom stereocenters. The molecule has 0 aliphatic carbocycles. The molecule has 1 aliphatic rings. The van der Waals surface area contributed by atoms with Crippen molar-refractivity contribution >= 4 is 5.97 Å². The Labute approximate surface area is 67.9 Å². The summed E-state index contributed by atoms with van der Waals surface area (Å²) in [5.41, 5.74) is 0. The maximum atomic E-state index is 10.8. The van der Waals surface area contributed by atoms with Crippen LogP contribution in [0.4, 0.5) is 0 Å². The van der Waals surface area contributed by atoms with Crippen LogP contribution in [0.5, 0.6) is 0 Å². The molecule has 1 aliphatic heterocycles. The number of ether oxygens (including phenoxy) is 1. The highest BCUT2D eigenvalue weighted by Crippen LogP contribution is 2.25. The van der Waals surface area contributed by atoms with Crippen LogP contribution in [0.3, 0.4) is 0 Å². The average Bonchev–Trinajstić information content (AvgIpc) is 2.26. The smallest absolute Gasteiger partial charge is 0.306 e. The molecule has 1 saturated heterocycles. The number of hydrogen-bond donors (Lipinski definition) is 0. The zero-order valence-corrected chi connectivity index (χ0v) is 7.30. The van der Waals surface area contributed by atoms with Crippen molar-refractivity contribution in [3.05, 3.63) is 0 Å². The van der Waals surface area contributed by atoms with E-state index in [1.54, 1.807) is 0 Å². The van der Waals surface area contributed by atoms with Crippen LogP contribution < -0.4 is 0 Å². The van der Waals surface area contributed by atoms with E-state index in [0.717, 1.165) is 6.42 Å². The molecule has 64 valence electrons. The van der Waals surface area contributed by atoms with E-state index in [-0.39, 0.29) is 12.1 Å². The van der Waals surface area contributed by atoms with Gasteiger partial charge in [-0.15, -0.1) is 0 Å². The van der Waals surface area contributed by atoms with Gasteiger partial charge in [0.05, 0.1) is 6.42 Å². The number of unbranched alkanes of at least 4 members (excludes halogenated alkanes) is 1. The van der Waals surface area contributed by atoms with Crippen LogP contribution in [0.1, 0.15) is 39.5 Å². The summed E-state index contributed by atoms with van der Waals surface area (Å²) < 4.78 is 5.14. The standard InChI is InChI=1S/C9H16O2/c1-3-4-5-8-7(2)6-9(10)11-8/h7-8H,3-6H2,1-2H3/t7-,8-/m1/s1. The third-order valence-electron chi connectivity index (χ3n) is 2.25. The van der Waals surface area contributed by atoms with Gasteiger partial charge in [0.15, 0.2) is 0 Å². The van der Waals surface area contributed by atoms with E-state index in [2.05, 4.69) is 13.8 Å². The van der Waals surface area contributed by atoms with Gasteiger partial charge in [0.1, 0.15) is 6.10 Å². The van der Waals surface area contributed by atoms with Crippen molar-refractivity contribution in [2.75, 3.05) is 0 Å². The first kappa shape index (κ1) is 8.57. The highest BCUT2D eigenvalue weighted by molar-refractivity contribution is 5.71. The molecule has 0 bridgehead atoms. The number of carbonyl (C=O) groups is 1. The molecule has 0 aromatic carbocycles. The van der Waals surface area contributed by atoms with E-state index in [1.165, 1.54) is 12.8 Å². The second-order valence-corrected chi connectivity index (χ2v) is 3.35. The fourth-order valence-electron chi connectivity index (χ4n) is 1.48. The first-order valence-corrected chi connectivity index (χ1v) is 4.43. The summed E-state index contributed by atoms with van der Waals surface area (Å²) in [6.45, 7) is 4.24. The third-order valence-corrected chi connectivity index (χ3v) is 2.25.